The highest BCUT2D eigenvalue weighted by molar-refractivity contribution is 5.38. The third-order valence-electron chi connectivity index (χ3n) is 3.12. The van der Waals surface area contributed by atoms with E-state index in [1.54, 1.807) is 6.20 Å². The van der Waals surface area contributed by atoms with Gasteiger partial charge in [0.25, 0.3) is 0 Å². The molecule has 0 bridgehead atoms. The van der Waals surface area contributed by atoms with Crippen LogP contribution in [0, 0.1) is 0 Å². The molecule has 0 amide bonds. The number of hydrogen-bond acceptors (Lipinski definition) is 4. The van der Waals surface area contributed by atoms with Crippen molar-refractivity contribution in [3.8, 4) is 0 Å². The van der Waals surface area contributed by atoms with Crippen molar-refractivity contribution in [2.24, 2.45) is 5.73 Å². The predicted octanol–water partition coefficient (Wildman–Crippen LogP) is 2.13. The molecule has 4 heteroatoms. The maximum absolute atomic E-state index is 5.56. The van der Waals surface area contributed by atoms with Crippen LogP contribution in [-0.4, -0.2) is 17.0 Å². The molecule has 100 valence electrons. The summed E-state index contributed by atoms with van der Waals surface area (Å²) in [5, 5.41) is 0. The lowest BCUT2D eigenvalue weighted by atomic mass is 10.1. The lowest BCUT2D eigenvalue weighted by Gasteiger charge is -2.18. The van der Waals surface area contributed by atoms with Gasteiger partial charge in [-0.05, 0) is 23.6 Å². The summed E-state index contributed by atoms with van der Waals surface area (Å²) < 4.78 is 0. The van der Waals surface area contributed by atoms with E-state index in [0.29, 0.717) is 12.4 Å². The number of anilines is 1. The molecule has 0 fully saturated rings. The van der Waals surface area contributed by atoms with Gasteiger partial charge in [0, 0.05) is 19.8 Å². The lowest BCUT2D eigenvalue weighted by molar-refractivity contribution is 0.848. The number of benzene rings is 1. The Morgan fingerprint density at radius 1 is 1.11 bits per heavy atom. The molecule has 2 rings (SSSR count). The third kappa shape index (κ3) is 3.51. The Balaban J connectivity index is 2.08. The first-order chi connectivity index (χ1) is 9.22. The van der Waals surface area contributed by atoms with Gasteiger partial charge in [0.05, 0.1) is 6.54 Å². The molecule has 4 nitrogen and oxygen atoms in total. The van der Waals surface area contributed by atoms with Crippen molar-refractivity contribution in [1.82, 2.24) is 9.97 Å². The molecule has 0 aliphatic carbocycles. The van der Waals surface area contributed by atoms with Crippen LogP contribution in [0.1, 0.15) is 23.9 Å². The van der Waals surface area contributed by atoms with Crippen LogP contribution in [0.3, 0.4) is 0 Å². The molecule has 0 aliphatic rings. The second kappa shape index (κ2) is 6.29. The monoisotopic (exact) mass is 256 g/mol. The van der Waals surface area contributed by atoms with E-state index in [0.717, 1.165) is 18.8 Å². The van der Waals surface area contributed by atoms with Crippen molar-refractivity contribution in [2.75, 3.05) is 11.9 Å². The minimum atomic E-state index is 0.368. The summed E-state index contributed by atoms with van der Waals surface area (Å²) in [4.78, 5) is 10.6. The average Bonchev–Trinajstić information content (AvgIpc) is 2.48. The fourth-order valence-corrected chi connectivity index (χ4v) is 1.93. The van der Waals surface area contributed by atoms with Crippen molar-refractivity contribution in [2.45, 2.75) is 26.4 Å². The van der Waals surface area contributed by atoms with Gasteiger partial charge < -0.3 is 10.6 Å². The standard InChI is InChI=1S/C15H20N4/c1-3-12-4-6-13(7-5-12)11-19(2)15-8-9-17-14(10-16)18-15/h4-9H,3,10-11,16H2,1-2H3. The van der Waals surface area contributed by atoms with E-state index in [1.807, 2.05) is 13.1 Å². The van der Waals surface area contributed by atoms with Crippen LogP contribution < -0.4 is 10.6 Å². The van der Waals surface area contributed by atoms with E-state index in [2.05, 4.69) is 46.1 Å². The summed E-state index contributed by atoms with van der Waals surface area (Å²) >= 11 is 0. The Labute approximate surface area is 114 Å². The topological polar surface area (TPSA) is 55.0 Å². The summed E-state index contributed by atoms with van der Waals surface area (Å²) in [6.45, 7) is 3.36. The van der Waals surface area contributed by atoms with E-state index in [-0.39, 0.29) is 0 Å². The first-order valence-corrected chi connectivity index (χ1v) is 6.54. The van der Waals surface area contributed by atoms with Crippen LogP contribution in [0.4, 0.5) is 5.82 Å². The van der Waals surface area contributed by atoms with Crippen molar-refractivity contribution >= 4 is 5.82 Å². The van der Waals surface area contributed by atoms with E-state index in [9.17, 15) is 0 Å². The molecule has 1 aromatic heterocycles. The van der Waals surface area contributed by atoms with Gasteiger partial charge in [-0.15, -0.1) is 0 Å². The first-order valence-electron chi connectivity index (χ1n) is 6.54. The number of aromatic nitrogens is 2. The Kier molecular flexibility index (Phi) is 4.47. The zero-order valence-electron chi connectivity index (χ0n) is 11.5. The average molecular weight is 256 g/mol. The van der Waals surface area contributed by atoms with Crippen LogP contribution in [0.15, 0.2) is 36.5 Å². The third-order valence-corrected chi connectivity index (χ3v) is 3.12. The molecule has 0 unspecified atom stereocenters. The molecule has 1 heterocycles. The zero-order valence-corrected chi connectivity index (χ0v) is 11.5. The summed E-state index contributed by atoms with van der Waals surface area (Å²) in [6.07, 6.45) is 2.82. The fourth-order valence-electron chi connectivity index (χ4n) is 1.93. The quantitative estimate of drug-likeness (QED) is 0.890. The first kappa shape index (κ1) is 13.5. The molecule has 0 aliphatic heterocycles. The Bertz CT molecular complexity index is 522. The van der Waals surface area contributed by atoms with Crippen LogP contribution in [0.25, 0.3) is 0 Å². The van der Waals surface area contributed by atoms with Gasteiger partial charge in [-0.3, -0.25) is 0 Å². The van der Waals surface area contributed by atoms with Gasteiger partial charge in [0.2, 0.25) is 0 Å². The normalized spacial score (nSPS) is 10.5. The van der Waals surface area contributed by atoms with Gasteiger partial charge in [-0.2, -0.15) is 0 Å². The fraction of sp³-hybridized carbons (Fsp3) is 0.333. The summed E-state index contributed by atoms with van der Waals surface area (Å²) in [7, 11) is 2.02. The number of nitrogens with two attached hydrogens (primary N) is 1. The highest BCUT2D eigenvalue weighted by Crippen LogP contribution is 2.13. The largest absolute Gasteiger partial charge is 0.355 e. The van der Waals surface area contributed by atoms with Gasteiger partial charge in [0.15, 0.2) is 0 Å². The predicted molar refractivity (Wildman–Crippen MR) is 77.9 cm³/mol. The molecule has 2 N–H and O–H groups in total. The van der Waals surface area contributed by atoms with Gasteiger partial charge in [-0.25, -0.2) is 9.97 Å². The Morgan fingerprint density at radius 2 is 1.79 bits per heavy atom. The molecule has 0 atom stereocenters. The summed E-state index contributed by atoms with van der Waals surface area (Å²) in [5.41, 5.74) is 8.19. The molecular weight excluding hydrogens is 236 g/mol. The van der Waals surface area contributed by atoms with E-state index >= 15 is 0 Å². The second-order valence-corrected chi connectivity index (χ2v) is 4.56. The van der Waals surface area contributed by atoms with Gasteiger partial charge in [0.1, 0.15) is 11.6 Å². The lowest BCUT2D eigenvalue weighted by Crippen LogP contribution is -2.19. The molecule has 0 saturated carbocycles. The number of aryl methyl sites for hydroxylation is 1. The van der Waals surface area contributed by atoms with Crippen LogP contribution in [-0.2, 0) is 19.5 Å². The zero-order chi connectivity index (χ0) is 13.7. The molecule has 1 aromatic carbocycles. The van der Waals surface area contributed by atoms with Gasteiger partial charge >= 0.3 is 0 Å². The molecule has 0 saturated heterocycles. The second-order valence-electron chi connectivity index (χ2n) is 4.56. The SMILES string of the molecule is CCc1ccc(CN(C)c2ccnc(CN)n2)cc1. The number of nitrogens with zero attached hydrogens (tertiary/aromatic N) is 3. The van der Waals surface area contributed by atoms with E-state index < -0.39 is 0 Å². The van der Waals surface area contributed by atoms with E-state index in [4.69, 9.17) is 5.73 Å². The molecule has 2 aromatic rings. The van der Waals surface area contributed by atoms with Crippen molar-refractivity contribution < 1.29 is 0 Å². The number of rotatable bonds is 5. The Hall–Kier alpha value is -1.94. The molecular formula is C15H20N4. The van der Waals surface area contributed by atoms with Crippen molar-refractivity contribution in [3.05, 3.63) is 53.5 Å². The molecule has 0 spiro atoms. The van der Waals surface area contributed by atoms with Crippen LogP contribution in [0.5, 0.6) is 0 Å². The maximum atomic E-state index is 5.56. The van der Waals surface area contributed by atoms with Crippen LogP contribution >= 0.6 is 0 Å². The van der Waals surface area contributed by atoms with Crippen LogP contribution in [0.2, 0.25) is 0 Å². The van der Waals surface area contributed by atoms with E-state index in [1.165, 1.54) is 11.1 Å². The smallest absolute Gasteiger partial charge is 0.144 e. The van der Waals surface area contributed by atoms with Crippen molar-refractivity contribution in [1.29, 1.82) is 0 Å². The van der Waals surface area contributed by atoms with Gasteiger partial charge in [-0.1, -0.05) is 31.2 Å². The maximum Gasteiger partial charge on any atom is 0.144 e. The Morgan fingerprint density at radius 3 is 2.42 bits per heavy atom. The number of hydrogen-bond donors (Lipinski definition) is 1. The minimum absolute atomic E-state index is 0.368. The highest BCUT2D eigenvalue weighted by atomic mass is 15.2. The minimum Gasteiger partial charge on any atom is -0.355 e. The summed E-state index contributed by atoms with van der Waals surface area (Å²) in [5.74, 6) is 1.57. The summed E-state index contributed by atoms with van der Waals surface area (Å²) in [6, 6.07) is 10.6. The highest BCUT2D eigenvalue weighted by Gasteiger charge is 2.05. The van der Waals surface area contributed by atoms with Crippen molar-refractivity contribution in [3.63, 3.8) is 0 Å². The molecule has 19 heavy (non-hydrogen) atoms. The molecule has 0 radical (unpaired) electrons.